The van der Waals surface area contributed by atoms with Gasteiger partial charge in [-0.2, -0.15) is 13.2 Å². The van der Waals surface area contributed by atoms with Crippen LogP contribution >= 0.6 is 12.4 Å². The summed E-state index contributed by atoms with van der Waals surface area (Å²) in [6.07, 6.45) is -0.946. The number of piperidine rings is 1. The third-order valence-corrected chi connectivity index (χ3v) is 4.17. The highest BCUT2D eigenvalue weighted by Crippen LogP contribution is 2.36. The minimum absolute atomic E-state index is 0. The SMILES string of the molecule is Cl.NC1(C(=O)N2CCC(C(F)(F)F)CC2)CCCC1. The van der Waals surface area contributed by atoms with Gasteiger partial charge in [0, 0.05) is 13.1 Å². The first-order valence-corrected chi connectivity index (χ1v) is 6.48. The largest absolute Gasteiger partial charge is 0.391 e. The van der Waals surface area contributed by atoms with Crippen LogP contribution in [0.2, 0.25) is 0 Å². The van der Waals surface area contributed by atoms with Gasteiger partial charge in [-0.25, -0.2) is 0 Å². The molecule has 2 N–H and O–H groups in total. The number of likely N-dealkylation sites (tertiary alicyclic amines) is 1. The number of halogens is 4. The Morgan fingerprint density at radius 3 is 2.05 bits per heavy atom. The van der Waals surface area contributed by atoms with E-state index < -0.39 is 17.6 Å². The fraction of sp³-hybridized carbons (Fsp3) is 0.917. The average Bonchev–Trinajstić information content (AvgIpc) is 2.75. The molecule has 1 heterocycles. The first-order valence-electron chi connectivity index (χ1n) is 6.48. The van der Waals surface area contributed by atoms with Crippen molar-refractivity contribution >= 4 is 18.3 Å². The van der Waals surface area contributed by atoms with Crippen LogP contribution in [0.15, 0.2) is 0 Å². The minimum atomic E-state index is -4.14. The van der Waals surface area contributed by atoms with E-state index in [1.54, 1.807) is 0 Å². The molecule has 2 aliphatic rings. The fourth-order valence-corrected chi connectivity index (χ4v) is 2.94. The summed E-state index contributed by atoms with van der Waals surface area (Å²) in [5.41, 5.74) is 5.23. The summed E-state index contributed by atoms with van der Waals surface area (Å²) in [6.45, 7) is 0.365. The van der Waals surface area contributed by atoms with Crippen LogP contribution in [0, 0.1) is 5.92 Å². The van der Waals surface area contributed by atoms with E-state index in [0.29, 0.717) is 12.8 Å². The van der Waals surface area contributed by atoms with E-state index in [2.05, 4.69) is 0 Å². The van der Waals surface area contributed by atoms with Crippen molar-refractivity contribution in [1.29, 1.82) is 0 Å². The zero-order chi connectivity index (χ0) is 13.4. The molecule has 2 rings (SSSR count). The molecule has 3 nitrogen and oxygen atoms in total. The molecular weight excluding hydrogens is 281 g/mol. The number of alkyl halides is 3. The molecule has 1 aliphatic heterocycles. The van der Waals surface area contributed by atoms with Crippen LogP contribution in [0.5, 0.6) is 0 Å². The van der Waals surface area contributed by atoms with Gasteiger partial charge in [-0.3, -0.25) is 4.79 Å². The van der Waals surface area contributed by atoms with Crippen molar-refractivity contribution in [2.24, 2.45) is 11.7 Å². The molecule has 7 heteroatoms. The third-order valence-electron chi connectivity index (χ3n) is 4.17. The summed E-state index contributed by atoms with van der Waals surface area (Å²) in [7, 11) is 0. The summed E-state index contributed by atoms with van der Waals surface area (Å²) in [5, 5.41) is 0. The summed E-state index contributed by atoms with van der Waals surface area (Å²) < 4.78 is 37.6. The Bertz CT molecular complexity index is 321. The molecule has 1 aliphatic carbocycles. The molecule has 0 radical (unpaired) electrons. The van der Waals surface area contributed by atoms with E-state index in [1.807, 2.05) is 0 Å². The lowest BCUT2D eigenvalue weighted by atomic mass is 9.92. The molecule has 0 atom stereocenters. The summed E-state index contributed by atoms with van der Waals surface area (Å²) >= 11 is 0. The molecule has 0 unspecified atom stereocenters. The van der Waals surface area contributed by atoms with Gasteiger partial charge in [0.05, 0.1) is 11.5 Å². The first kappa shape index (κ1) is 16.6. The molecule has 112 valence electrons. The Balaban J connectivity index is 0.00000180. The van der Waals surface area contributed by atoms with Crippen molar-refractivity contribution in [3.05, 3.63) is 0 Å². The van der Waals surface area contributed by atoms with E-state index in [-0.39, 0.29) is 44.2 Å². The number of amides is 1. The fourth-order valence-electron chi connectivity index (χ4n) is 2.94. The number of nitrogens with zero attached hydrogens (tertiary/aromatic N) is 1. The summed E-state index contributed by atoms with van der Waals surface area (Å²) in [6, 6.07) is 0. The molecule has 0 aromatic rings. The second kappa shape index (κ2) is 5.87. The van der Waals surface area contributed by atoms with Crippen LogP contribution in [-0.2, 0) is 4.79 Å². The van der Waals surface area contributed by atoms with Gasteiger partial charge in [0.15, 0.2) is 0 Å². The maximum absolute atomic E-state index is 12.5. The molecule has 0 bridgehead atoms. The molecule has 1 saturated heterocycles. The topological polar surface area (TPSA) is 46.3 Å². The Labute approximate surface area is 117 Å². The van der Waals surface area contributed by atoms with Crippen LogP contribution in [0.25, 0.3) is 0 Å². The smallest absolute Gasteiger partial charge is 0.341 e. The van der Waals surface area contributed by atoms with Gasteiger partial charge in [-0.1, -0.05) is 12.8 Å². The summed E-state index contributed by atoms with van der Waals surface area (Å²) in [5.74, 6) is -1.42. The Morgan fingerprint density at radius 2 is 1.63 bits per heavy atom. The molecule has 0 aromatic carbocycles. The van der Waals surface area contributed by atoms with Crippen LogP contribution < -0.4 is 5.73 Å². The molecule has 1 amide bonds. The van der Waals surface area contributed by atoms with E-state index in [9.17, 15) is 18.0 Å². The zero-order valence-electron chi connectivity index (χ0n) is 10.7. The lowest BCUT2D eigenvalue weighted by Crippen LogP contribution is -2.55. The van der Waals surface area contributed by atoms with Crippen LogP contribution in [-0.4, -0.2) is 35.6 Å². The van der Waals surface area contributed by atoms with Crippen LogP contribution in [0.4, 0.5) is 13.2 Å². The molecule has 19 heavy (non-hydrogen) atoms. The number of hydrogen-bond acceptors (Lipinski definition) is 2. The lowest BCUT2D eigenvalue weighted by Gasteiger charge is -2.37. The van der Waals surface area contributed by atoms with Crippen molar-refractivity contribution in [2.75, 3.05) is 13.1 Å². The standard InChI is InChI=1S/C12H19F3N2O.ClH/c13-12(14,15)9-3-7-17(8-4-9)10(18)11(16)5-1-2-6-11;/h9H,1-8,16H2;1H. The van der Waals surface area contributed by atoms with Gasteiger partial charge in [0.2, 0.25) is 5.91 Å². The number of hydrogen-bond donors (Lipinski definition) is 1. The van der Waals surface area contributed by atoms with E-state index in [0.717, 1.165) is 12.8 Å². The highest BCUT2D eigenvalue weighted by molar-refractivity contribution is 5.86. The number of nitrogens with two attached hydrogens (primary N) is 1. The van der Waals surface area contributed by atoms with Gasteiger partial charge < -0.3 is 10.6 Å². The van der Waals surface area contributed by atoms with Crippen molar-refractivity contribution in [3.63, 3.8) is 0 Å². The molecule has 1 saturated carbocycles. The van der Waals surface area contributed by atoms with Crippen molar-refractivity contribution in [1.82, 2.24) is 4.90 Å². The average molecular weight is 301 g/mol. The van der Waals surface area contributed by atoms with E-state index >= 15 is 0 Å². The number of carbonyl (C=O) groups is 1. The van der Waals surface area contributed by atoms with E-state index in [1.165, 1.54) is 4.90 Å². The quantitative estimate of drug-likeness (QED) is 0.808. The lowest BCUT2D eigenvalue weighted by molar-refractivity contribution is -0.187. The normalized spacial score (nSPS) is 24.1. The number of carbonyl (C=O) groups excluding carboxylic acids is 1. The van der Waals surface area contributed by atoms with Gasteiger partial charge in [-0.15, -0.1) is 12.4 Å². The highest BCUT2D eigenvalue weighted by Gasteiger charge is 2.45. The van der Waals surface area contributed by atoms with Crippen molar-refractivity contribution in [2.45, 2.75) is 50.2 Å². The highest BCUT2D eigenvalue weighted by atomic mass is 35.5. The molecule has 0 aromatic heterocycles. The third kappa shape index (κ3) is 3.54. The first-order chi connectivity index (χ1) is 8.33. The van der Waals surface area contributed by atoms with E-state index in [4.69, 9.17) is 5.73 Å². The zero-order valence-corrected chi connectivity index (χ0v) is 11.5. The summed E-state index contributed by atoms with van der Waals surface area (Å²) in [4.78, 5) is 13.7. The van der Waals surface area contributed by atoms with Crippen LogP contribution in [0.1, 0.15) is 38.5 Å². The van der Waals surface area contributed by atoms with Gasteiger partial charge in [-0.05, 0) is 25.7 Å². The number of rotatable bonds is 1. The van der Waals surface area contributed by atoms with Gasteiger partial charge in [0.25, 0.3) is 0 Å². The maximum atomic E-state index is 12.5. The van der Waals surface area contributed by atoms with Crippen molar-refractivity contribution < 1.29 is 18.0 Å². The molecule has 2 fully saturated rings. The molecular formula is C12H20ClF3N2O. The minimum Gasteiger partial charge on any atom is -0.341 e. The van der Waals surface area contributed by atoms with Crippen molar-refractivity contribution in [3.8, 4) is 0 Å². The second-order valence-corrected chi connectivity index (χ2v) is 5.47. The molecule has 0 spiro atoms. The Morgan fingerprint density at radius 1 is 1.16 bits per heavy atom. The Kier molecular flexibility index (Phi) is 5.12. The Hall–Kier alpha value is -0.490. The predicted molar refractivity (Wildman–Crippen MR) is 68.0 cm³/mol. The second-order valence-electron chi connectivity index (χ2n) is 5.47. The monoisotopic (exact) mass is 300 g/mol. The maximum Gasteiger partial charge on any atom is 0.391 e. The van der Waals surface area contributed by atoms with Gasteiger partial charge in [0.1, 0.15) is 0 Å². The van der Waals surface area contributed by atoms with Gasteiger partial charge >= 0.3 is 6.18 Å². The van der Waals surface area contributed by atoms with Crippen LogP contribution in [0.3, 0.4) is 0 Å². The predicted octanol–water partition coefficient (Wildman–Crippen LogP) is 2.48.